The first-order valence-electron chi connectivity index (χ1n) is 8.24. The Morgan fingerprint density at radius 2 is 1.77 bits per heavy atom. The SMILES string of the molecule is Cc1cc2nc(-c3cc(NC(=O)Nc4ccccc4)n[nH]3)[nH]c2cc1C. The third kappa shape index (κ3) is 3.14. The summed E-state index contributed by atoms with van der Waals surface area (Å²) in [5.74, 6) is 1.09. The number of benzene rings is 2. The van der Waals surface area contributed by atoms with Gasteiger partial charge in [-0.15, -0.1) is 0 Å². The van der Waals surface area contributed by atoms with Crippen molar-refractivity contribution in [2.45, 2.75) is 13.8 Å². The van der Waals surface area contributed by atoms with Gasteiger partial charge in [0.25, 0.3) is 0 Å². The summed E-state index contributed by atoms with van der Waals surface area (Å²) in [4.78, 5) is 19.9. The van der Waals surface area contributed by atoms with E-state index < -0.39 is 0 Å². The van der Waals surface area contributed by atoms with E-state index in [0.29, 0.717) is 23.0 Å². The van der Waals surface area contributed by atoms with Crippen LogP contribution in [0.15, 0.2) is 48.5 Å². The Labute approximate surface area is 149 Å². The number of aromatic amines is 2. The molecule has 0 saturated carbocycles. The predicted octanol–water partition coefficient (Wildman–Crippen LogP) is 4.21. The van der Waals surface area contributed by atoms with Crippen molar-refractivity contribution in [2.75, 3.05) is 10.6 Å². The molecule has 0 aliphatic heterocycles. The number of para-hydroxylation sites is 1. The monoisotopic (exact) mass is 346 g/mol. The summed E-state index contributed by atoms with van der Waals surface area (Å²) in [5.41, 5.74) is 5.68. The molecule has 4 rings (SSSR count). The summed E-state index contributed by atoms with van der Waals surface area (Å²) in [6, 6.07) is 14.7. The van der Waals surface area contributed by atoms with Gasteiger partial charge in [-0.25, -0.2) is 9.78 Å². The fourth-order valence-electron chi connectivity index (χ4n) is 2.70. The number of nitrogens with one attached hydrogen (secondary N) is 4. The molecule has 0 fully saturated rings. The first-order valence-corrected chi connectivity index (χ1v) is 8.24. The van der Waals surface area contributed by atoms with Gasteiger partial charge in [0.2, 0.25) is 0 Å². The lowest BCUT2D eigenvalue weighted by Gasteiger charge is -2.04. The summed E-state index contributed by atoms with van der Waals surface area (Å²) in [5, 5.41) is 12.5. The molecule has 2 heterocycles. The van der Waals surface area contributed by atoms with Crippen LogP contribution in [0.5, 0.6) is 0 Å². The molecule has 0 radical (unpaired) electrons. The van der Waals surface area contributed by atoms with E-state index in [1.54, 1.807) is 6.07 Å². The van der Waals surface area contributed by atoms with Crippen LogP contribution in [-0.4, -0.2) is 26.2 Å². The Morgan fingerprint density at radius 1 is 1.00 bits per heavy atom. The highest BCUT2D eigenvalue weighted by Crippen LogP contribution is 2.23. The number of urea groups is 1. The van der Waals surface area contributed by atoms with E-state index in [1.807, 2.05) is 36.4 Å². The first kappa shape index (κ1) is 15.9. The number of carbonyl (C=O) groups excluding carboxylic acids is 1. The topological polar surface area (TPSA) is 98.5 Å². The predicted molar refractivity (Wildman–Crippen MR) is 102 cm³/mol. The van der Waals surface area contributed by atoms with E-state index in [4.69, 9.17) is 0 Å². The smallest absolute Gasteiger partial charge is 0.324 e. The third-order valence-corrected chi connectivity index (χ3v) is 4.20. The van der Waals surface area contributed by atoms with Crippen molar-refractivity contribution in [3.63, 3.8) is 0 Å². The average molecular weight is 346 g/mol. The quantitative estimate of drug-likeness (QED) is 0.447. The van der Waals surface area contributed by atoms with E-state index in [-0.39, 0.29) is 6.03 Å². The minimum Gasteiger partial charge on any atom is -0.337 e. The molecule has 2 aromatic heterocycles. The molecular weight excluding hydrogens is 328 g/mol. The molecule has 0 aliphatic carbocycles. The number of hydrogen-bond acceptors (Lipinski definition) is 3. The number of nitrogens with zero attached hydrogens (tertiary/aromatic N) is 2. The number of aromatic nitrogens is 4. The van der Waals surface area contributed by atoms with Crippen LogP contribution in [0.2, 0.25) is 0 Å². The van der Waals surface area contributed by atoms with Crippen LogP contribution in [0.1, 0.15) is 11.1 Å². The molecule has 7 nitrogen and oxygen atoms in total. The van der Waals surface area contributed by atoms with Crippen molar-refractivity contribution in [1.29, 1.82) is 0 Å². The number of hydrogen-bond donors (Lipinski definition) is 4. The van der Waals surface area contributed by atoms with Crippen LogP contribution in [-0.2, 0) is 0 Å². The molecule has 26 heavy (non-hydrogen) atoms. The molecule has 130 valence electrons. The number of H-pyrrole nitrogens is 2. The highest BCUT2D eigenvalue weighted by atomic mass is 16.2. The third-order valence-electron chi connectivity index (χ3n) is 4.20. The molecule has 0 unspecified atom stereocenters. The van der Waals surface area contributed by atoms with E-state index in [2.05, 4.69) is 50.7 Å². The van der Waals surface area contributed by atoms with Gasteiger partial charge < -0.3 is 10.3 Å². The second-order valence-corrected chi connectivity index (χ2v) is 6.15. The number of amides is 2. The van der Waals surface area contributed by atoms with E-state index in [9.17, 15) is 4.79 Å². The van der Waals surface area contributed by atoms with Gasteiger partial charge in [0.05, 0.1) is 11.0 Å². The summed E-state index contributed by atoms with van der Waals surface area (Å²) >= 11 is 0. The molecule has 4 N–H and O–H groups in total. The zero-order chi connectivity index (χ0) is 18.1. The number of fused-ring (bicyclic) bond motifs is 1. The zero-order valence-corrected chi connectivity index (χ0v) is 14.4. The zero-order valence-electron chi connectivity index (χ0n) is 14.4. The Bertz CT molecular complexity index is 1040. The Kier molecular flexibility index (Phi) is 3.89. The highest BCUT2D eigenvalue weighted by molar-refractivity contribution is 5.99. The van der Waals surface area contributed by atoms with Gasteiger partial charge in [0.15, 0.2) is 11.6 Å². The van der Waals surface area contributed by atoms with Crippen molar-refractivity contribution in [2.24, 2.45) is 0 Å². The molecule has 4 aromatic rings. The van der Waals surface area contributed by atoms with Crippen molar-refractivity contribution in [3.05, 3.63) is 59.7 Å². The highest BCUT2D eigenvalue weighted by Gasteiger charge is 2.11. The number of imidazole rings is 1. The van der Waals surface area contributed by atoms with Gasteiger partial charge in [-0.3, -0.25) is 10.4 Å². The van der Waals surface area contributed by atoms with Gasteiger partial charge in [0, 0.05) is 11.8 Å². The van der Waals surface area contributed by atoms with Crippen LogP contribution in [0, 0.1) is 13.8 Å². The molecule has 2 amide bonds. The fourth-order valence-corrected chi connectivity index (χ4v) is 2.70. The lowest BCUT2D eigenvalue weighted by atomic mass is 10.1. The van der Waals surface area contributed by atoms with Crippen molar-refractivity contribution >= 4 is 28.6 Å². The summed E-state index contributed by atoms with van der Waals surface area (Å²) in [6.07, 6.45) is 0. The normalized spacial score (nSPS) is 10.8. The van der Waals surface area contributed by atoms with Crippen molar-refractivity contribution in [3.8, 4) is 11.5 Å². The van der Waals surface area contributed by atoms with Crippen molar-refractivity contribution in [1.82, 2.24) is 20.2 Å². The number of anilines is 2. The fraction of sp³-hybridized carbons (Fsp3) is 0.105. The minimum absolute atomic E-state index is 0.356. The van der Waals surface area contributed by atoms with Crippen LogP contribution in [0.4, 0.5) is 16.3 Å². The second-order valence-electron chi connectivity index (χ2n) is 6.15. The molecule has 0 bridgehead atoms. The summed E-state index contributed by atoms with van der Waals surface area (Å²) in [7, 11) is 0. The first-order chi connectivity index (χ1) is 12.6. The molecule has 2 aromatic carbocycles. The lowest BCUT2D eigenvalue weighted by Crippen LogP contribution is -2.19. The Hall–Kier alpha value is -3.61. The second kappa shape index (κ2) is 6.36. The van der Waals surface area contributed by atoms with Crippen molar-refractivity contribution < 1.29 is 4.79 Å². The van der Waals surface area contributed by atoms with E-state index in [1.165, 1.54) is 11.1 Å². The van der Waals surface area contributed by atoms with Gasteiger partial charge in [0.1, 0.15) is 5.69 Å². The van der Waals surface area contributed by atoms with Crippen LogP contribution in [0.25, 0.3) is 22.6 Å². The maximum Gasteiger partial charge on any atom is 0.324 e. The van der Waals surface area contributed by atoms with Crippen LogP contribution >= 0.6 is 0 Å². The van der Waals surface area contributed by atoms with Crippen LogP contribution < -0.4 is 10.6 Å². The van der Waals surface area contributed by atoms with E-state index in [0.717, 1.165) is 11.0 Å². The van der Waals surface area contributed by atoms with Gasteiger partial charge in [-0.2, -0.15) is 5.10 Å². The van der Waals surface area contributed by atoms with Gasteiger partial charge >= 0.3 is 6.03 Å². The molecule has 7 heteroatoms. The Morgan fingerprint density at radius 3 is 2.58 bits per heavy atom. The molecular formula is C19H18N6O. The van der Waals surface area contributed by atoms with Gasteiger partial charge in [-0.1, -0.05) is 18.2 Å². The van der Waals surface area contributed by atoms with Gasteiger partial charge in [-0.05, 0) is 49.2 Å². The number of aryl methyl sites for hydroxylation is 2. The maximum atomic E-state index is 12.0. The minimum atomic E-state index is -0.356. The lowest BCUT2D eigenvalue weighted by molar-refractivity contribution is 0.262. The molecule has 0 saturated heterocycles. The molecule has 0 atom stereocenters. The van der Waals surface area contributed by atoms with Crippen LogP contribution in [0.3, 0.4) is 0 Å². The largest absolute Gasteiger partial charge is 0.337 e. The number of rotatable bonds is 3. The maximum absolute atomic E-state index is 12.0. The summed E-state index contributed by atoms with van der Waals surface area (Å²) < 4.78 is 0. The van der Waals surface area contributed by atoms with E-state index >= 15 is 0 Å². The number of carbonyl (C=O) groups is 1. The Balaban J connectivity index is 1.52. The standard InChI is InChI=1S/C19H18N6O/c1-11-8-14-15(9-12(11)2)22-18(21-14)16-10-17(25-24-16)23-19(26)20-13-6-4-3-5-7-13/h3-10H,1-2H3,(H,21,22)(H3,20,23,24,25,26). The summed E-state index contributed by atoms with van der Waals surface area (Å²) in [6.45, 7) is 4.13. The molecule has 0 aliphatic rings. The average Bonchev–Trinajstić information content (AvgIpc) is 3.23. The molecule has 0 spiro atoms.